The Kier molecular flexibility index (Phi) is 6.67. The van der Waals surface area contributed by atoms with E-state index < -0.39 is 10.2 Å². The zero-order chi connectivity index (χ0) is 27.5. The third kappa shape index (κ3) is 5.17. The molecule has 6 rings (SSSR count). The van der Waals surface area contributed by atoms with Crippen LogP contribution in [0.5, 0.6) is 0 Å². The van der Waals surface area contributed by atoms with Gasteiger partial charge in [-0.3, -0.25) is 14.3 Å². The number of nitrogens with zero attached hydrogens (tertiary/aromatic N) is 5. The zero-order valence-corrected chi connectivity index (χ0v) is 23.4. The highest BCUT2D eigenvalue weighted by Gasteiger charge is 2.50. The summed E-state index contributed by atoms with van der Waals surface area (Å²) in [5.41, 5.74) is 6.32. The van der Waals surface area contributed by atoms with Crippen LogP contribution in [0.3, 0.4) is 0 Å². The second-order valence-electron chi connectivity index (χ2n) is 11.5. The van der Waals surface area contributed by atoms with Crippen molar-refractivity contribution in [3.63, 3.8) is 0 Å². The van der Waals surface area contributed by atoms with E-state index in [2.05, 4.69) is 41.7 Å². The number of rotatable bonds is 6. The molecule has 0 spiro atoms. The molecule has 2 aliphatic heterocycles. The van der Waals surface area contributed by atoms with Gasteiger partial charge in [0, 0.05) is 62.3 Å². The number of piperidine rings is 1. The summed E-state index contributed by atoms with van der Waals surface area (Å²) in [4.78, 5) is 32.9. The molecule has 39 heavy (non-hydrogen) atoms. The number of hydrogen-bond donors (Lipinski definition) is 2. The number of aromatic nitrogens is 2. The molecule has 2 aromatic rings. The van der Waals surface area contributed by atoms with Crippen LogP contribution in [-0.4, -0.2) is 85.1 Å². The van der Waals surface area contributed by atoms with Crippen LogP contribution < -0.4 is 14.8 Å². The van der Waals surface area contributed by atoms with Crippen molar-refractivity contribution in [1.29, 1.82) is 0 Å². The van der Waals surface area contributed by atoms with E-state index >= 15 is 0 Å². The van der Waals surface area contributed by atoms with Crippen molar-refractivity contribution in [2.24, 2.45) is 11.1 Å². The van der Waals surface area contributed by atoms with Crippen molar-refractivity contribution in [3.05, 3.63) is 46.3 Å². The van der Waals surface area contributed by atoms with Crippen LogP contribution in [0.2, 0.25) is 0 Å². The summed E-state index contributed by atoms with van der Waals surface area (Å²) in [5.74, 6) is 0.832. The number of fused-ring (bicyclic) bond motifs is 3. The molecule has 4 aliphatic rings. The standard InChI is InChI=1S/C27H37N7O4S/c1-17-4-3-5-22(18(17)2)31-10-12-32(13-11-31)24(35)16-34-23-15-19-14-21(19)25(23)26(29-34)27(36)33-8-6-20(7-9-33)30-39(28,37)38/h3-5,19-21,30H,6-16H2,1-2H3,(H2,28,37,38)/t19-,21-/m1/s1. The van der Waals surface area contributed by atoms with Crippen LogP contribution in [0, 0.1) is 19.8 Å². The summed E-state index contributed by atoms with van der Waals surface area (Å²) in [6.45, 7) is 8.19. The average molecular weight is 556 g/mol. The molecule has 11 nitrogen and oxygen atoms in total. The van der Waals surface area contributed by atoms with Gasteiger partial charge in [0.1, 0.15) is 6.54 Å². The Morgan fingerprint density at radius 1 is 1.05 bits per heavy atom. The van der Waals surface area contributed by atoms with E-state index in [1.54, 1.807) is 9.58 Å². The summed E-state index contributed by atoms with van der Waals surface area (Å²) in [7, 11) is -3.77. The molecule has 2 aliphatic carbocycles. The largest absolute Gasteiger partial charge is 0.368 e. The molecule has 1 saturated carbocycles. The fourth-order valence-electron chi connectivity index (χ4n) is 6.57. The van der Waals surface area contributed by atoms with Crippen molar-refractivity contribution in [3.8, 4) is 0 Å². The zero-order valence-electron chi connectivity index (χ0n) is 22.6. The molecule has 3 N–H and O–H groups in total. The molecule has 2 atom stereocenters. The van der Waals surface area contributed by atoms with Gasteiger partial charge >= 0.3 is 0 Å². The van der Waals surface area contributed by atoms with Crippen molar-refractivity contribution in [2.45, 2.75) is 58.0 Å². The predicted octanol–water partition coefficient (Wildman–Crippen LogP) is 0.906. The summed E-state index contributed by atoms with van der Waals surface area (Å²) >= 11 is 0. The minimum atomic E-state index is -3.77. The first-order valence-electron chi connectivity index (χ1n) is 13.9. The highest BCUT2D eigenvalue weighted by Crippen LogP contribution is 2.57. The molecule has 3 heterocycles. The van der Waals surface area contributed by atoms with Crippen molar-refractivity contribution in [1.82, 2.24) is 24.3 Å². The van der Waals surface area contributed by atoms with Gasteiger partial charge in [0.05, 0.1) is 0 Å². The number of carbonyl (C=O) groups excluding carboxylic acids is 2. The number of carbonyl (C=O) groups is 2. The van der Waals surface area contributed by atoms with Crippen LogP contribution in [-0.2, 0) is 28.0 Å². The number of likely N-dealkylation sites (tertiary alicyclic amines) is 1. The first-order valence-corrected chi connectivity index (χ1v) is 15.4. The van der Waals surface area contributed by atoms with Crippen LogP contribution in [0.25, 0.3) is 0 Å². The van der Waals surface area contributed by atoms with Crippen molar-refractivity contribution < 1.29 is 18.0 Å². The number of benzene rings is 1. The van der Waals surface area contributed by atoms with E-state index in [1.807, 2.05) is 4.90 Å². The van der Waals surface area contributed by atoms with Crippen LogP contribution in [0.1, 0.15) is 58.1 Å². The molecule has 1 aromatic carbocycles. The molecular formula is C27H37N7O4S. The number of piperazine rings is 1. The van der Waals surface area contributed by atoms with Gasteiger partial charge < -0.3 is 14.7 Å². The lowest BCUT2D eigenvalue weighted by atomic mass is 10.0. The lowest BCUT2D eigenvalue weighted by Gasteiger charge is -2.37. The summed E-state index contributed by atoms with van der Waals surface area (Å²) in [5, 5.41) is 9.83. The molecule has 0 unspecified atom stereocenters. The normalized spacial score (nSPS) is 23.1. The van der Waals surface area contributed by atoms with Crippen LogP contribution in [0.4, 0.5) is 5.69 Å². The fourth-order valence-corrected chi connectivity index (χ4v) is 7.27. The number of nitrogens with two attached hydrogens (primary N) is 1. The minimum absolute atomic E-state index is 0.0374. The monoisotopic (exact) mass is 555 g/mol. The van der Waals surface area contributed by atoms with Crippen LogP contribution >= 0.6 is 0 Å². The molecule has 2 amide bonds. The van der Waals surface area contributed by atoms with Gasteiger partial charge in [0.15, 0.2) is 5.69 Å². The molecule has 0 radical (unpaired) electrons. The Morgan fingerprint density at radius 2 is 1.77 bits per heavy atom. The maximum atomic E-state index is 13.5. The topological polar surface area (TPSA) is 134 Å². The lowest BCUT2D eigenvalue weighted by Crippen LogP contribution is -2.50. The third-order valence-corrected chi connectivity index (χ3v) is 9.66. The first-order chi connectivity index (χ1) is 18.6. The predicted molar refractivity (Wildman–Crippen MR) is 147 cm³/mol. The number of anilines is 1. The SMILES string of the molecule is Cc1cccc(N2CCN(C(=O)Cn3nc(C(=O)N4CCC(NS(N)(=O)=O)CC4)c4c3C[C@H]3C[C@@H]43)CC2)c1C. The first kappa shape index (κ1) is 26.3. The van der Waals surface area contributed by atoms with E-state index in [-0.39, 0.29) is 24.4 Å². The van der Waals surface area contributed by atoms with Gasteiger partial charge in [-0.1, -0.05) is 12.1 Å². The van der Waals surface area contributed by atoms with Gasteiger partial charge in [-0.15, -0.1) is 0 Å². The van der Waals surface area contributed by atoms with E-state index in [0.29, 0.717) is 56.6 Å². The summed E-state index contributed by atoms with van der Waals surface area (Å²) < 4.78 is 26.9. The Hall–Kier alpha value is -2.96. The van der Waals surface area contributed by atoms with Gasteiger partial charge in [-0.05, 0) is 68.6 Å². The van der Waals surface area contributed by atoms with Gasteiger partial charge in [-0.25, -0.2) is 5.14 Å². The smallest absolute Gasteiger partial charge is 0.274 e. The Bertz CT molecular complexity index is 1410. The van der Waals surface area contributed by atoms with E-state index in [4.69, 9.17) is 10.2 Å². The number of hydrogen-bond acceptors (Lipinski definition) is 6. The Balaban J connectivity index is 1.11. The highest BCUT2D eigenvalue weighted by molar-refractivity contribution is 7.87. The quantitative estimate of drug-likeness (QED) is 0.544. The maximum absolute atomic E-state index is 13.5. The van der Waals surface area contributed by atoms with Crippen molar-refractivity contribution in [2.75, 3.05) is 44.2 Å². The molecule has 2 saturated heterocycles. The Morgan fingerprint density at radius 3 is 2.46 bits per heavy atom. The number of aryl methyl sites for hydroxylation is 1. The average Bonchev–Trinajstić information content (AvgIpc) is 3.43. The van der Waals surface area contributed by atoms with Gasteiger partial charge in [0.2, 0.25) is 5.91 Å². The van der Waals surface area contributed by atoms with E-state index in [1.165, 1.54) is 16.8 Å². The second-order valence-corrected chi connectivity index (χ2v) is 12.8. The van der Waals surface area contributed by atoms with Crippen LogP contribution in [0.15, 0.2) is 18.2 Å². The molecule has 3 fully saturated rings. The summed E-state index contributed by atoms with van der Waals surface area (Å²) in [6.07, 6.45) is 2.95. The van der Waals surface area contributed by atoms with Gasteiger partial charge in [-0.2, -0.15) is 18.2 Å². The molecule has 1 aromatic heterocycles. The molecular weight excluding hydrogens is 518 g/mol. The fraction of sp³-hybridized carbons (Fsp3) is 0.593. The lowest BCUT2D eigenvalue weighted by molar-refractivity contribution is -0.132. The number of amides is 2. The maximum Gasteiger partial charge on any atom is 0.274 e. The van der Waals surface area contributed by atoms with E-state index in [0.717, 1.165) is 37.2 Å². The molecule has 0 bridgehead atoms. The minimum Gasteiger partial charge on any atom is -0.368 e. The van der Waals surface area contributed by atoms with Crippen molar-refractivity contribution >= 4 is 27.7 Å². The number of nitrogens with one attached hydrogen (secondary N) is 1. The molecule has 210 valence electrons. The van der Waals surface area contributed by atoms with Gasteiger partial charge in [0.25, 0.3) is 16.1 Å². The van der Waals surface area contributed by atoms with E-state index in [9.17, 15) is 18.0 Å². The second kappa shape index (κ2) is 9.90. The summed E-state index contributed by atoms with van der Waals surface area (Å²) in [6, 6.07) is 6.09. The highest BCUT2D eigenvalue weighted by atomic mass is 32.2. The Labute approximate surface area is 229 Å². The molecule has 12 heteroatoms. The third-order valence-electron chi connectivity index (χ3n) is 9.00.